The fourth-order valence-electron chi connectivity index (χ4n) is 1.52. The molecule has 2 N–H and O–H groups in total. The number of nitriles is 1. The lowest BCUT2D eigenvalue weighted by molar-refractivity contribution is 0.331. The molecule has 1 aliphatic rings. The van der Waals surface area contributed by atoms with Crippen molar-refractivity contribution in [2.45, 2.75) is 38.1 Å². The monoisotopic (exact) mass is 138 g/mol. The van der Waals surface area contributed by atoms with Gasteiger partial charge in [-0.2, -0.15) is 5.26 Å². The molecule has 0 aromatic carbocycles. The van der Waals surface area contributed by atoms with Crippen LogP contribution in [0, 0.1) is 17.2 Å². The topological polar surface area (TPSA) is 49.8 Å². The molecule has 1 fully saturated rings. The van der Waals surface area contributed by atoms with Gasteiger partial charge < -0.3 is 5.73 Å². The lowest BCUT2D eigenvalue weighted by Gasteiger charge is -2.23. The molecule has 0 bridgehead atoms. The normalized spacial score (nSPS) is 33.2. The molecule has 0 heterocycles. The molecule has 0 aromatic rings. The van der Waals surface area contributed by atoms with Crippen LogP contribution in [-0.4, -0.2) is 6.04 Å². The van der Waals surface area contributed by atoms with E-state index in [4.69, 9.17) is 11.0 Å². The Bertz CT molecular complexity index is 129. The number of nitrogens with two attached hydrogens (primary N) is 1. The summed E-state index contributed by atoms with van der Waals surface area (Å²) >= 11 is 0. The molecular formula is C8H14N2. The molecule has 10 heavy (non-hydrogen) atoms. The number of hydrogen-bond acceptors (Lipinski definition) is 2. The van der Waals surface area contributed by atoms with Crippen molar-refractivity contribution in [3.63, 3.8) is 0 Å². The van der Waals surface area contributed by atoms with Crippen LogP contribution in [0.4, 0.5) is 0 Å². The quantitative estimate of drug-likeness (QED) is 0.595. The summed E-state index contributed by atoms with van der Waals surface area (Å²) in [6, 6.07) is 2.62. The third kappa shape index (κ3) is 2.00. The lowest BCUT2D eigenvalue weighted by atomic mass is 9.85. The molecule has 1 rings (SSSR count). The van der Waals surface area contributed by atoms with E-state index in [1.54, 1.807) is 0 Å². The molecule has 0 saturated heterocycles. The van der Waals surface area contributed by atoms with Crippen molar-refractivity contribution >= 4 is 0 Å². The molecule has 2 heteroatoms. The van der Waals surface area contributed by atoms with E-state index < -0.39 is 0 Å². The Labute approximate surface area is 62.0 Å². The summed E-state index contributed by atoms with van der Waals surface area (Å²) < 4.78 is 0. The van der Waals surface area contributed by atoms with E-state index in [1.165, 1.54) is 0 Å². The number of nitrogens with zero attached hydrogens (tertiary/aromatic N) is 1. The Kier molecular flexibility index (Phi) is 2.70. The second kappa shape index (κ2) is 3.58. The Morgan fingerprint density at radius 3 is 2.40 bits per heavy atom. The highest BCUT2D eigenvalue weighted by Gasteiger charge is 2.17. The molecule has 0 spiro atoms. The minimum Gasteiger partial charge on any atom is -0.328 e. The van der Waals surface area contributed by atoms with E-state index in [2.05, 4.69) is 6.07 Å². The van der Waals surface area contributed by atoms with E-state index in [-0.39, 0.29) is 0 Å². The molecule has 56 valence electrons. The molecule has 1 saturated carbocycles. The summed E-state index contributed by atoms with van der Waals surface area (Å²) in [5.74, 6) is 0.643. The minimum atomic E-state index is 0.412. The van der Waals surface area contributed by atoms with Gasteiger partial charge in [-0.1, -0.05) is 0 Å². The van der Waals surface area contributed by atoms with Crippen LogP contribution in [-0.2, 0) is 0 Å². The van der Waals surface area contributed by atoms with Gasteiger partial charge in [-0.25, -0.2) is 0 Å². The smallest absolute Gasteiger partial charge is 0.0624 e. The third-order valence-electron chi connectivity index (χ3n) is 2.27. The van der Waals surface area contributed by atoms with E-state index in [1.807, 2.05) is 0 Å². The van der Waals surface area contributed by atoms with Gasteiger partial charge in [0.1, 0.15) is 0 Å². The predicted molar refractivity (Wildman–Crippen MR) is 40.2 cm³/mol. The highest BCUT2D eigenvalue weighted by molar-refractivity contribution is 4.81. The van der Waals surface area contributed by atoms with E-state index >= 15 is 0 Å². The van der Waals surface area contributed by atoms with Crippen LogP contribution in [0.2, 0.25) is 0 Å². The number of hydrogen-bond donors (Lipinski definition) is 1. The zero-order valence-corrected chi connectivity index (χ0v) is 6.21. The van der Waals surface area contributed by atoms with Crippen LogP contribution in [0.1, 0.15) is 32.1 Å². The highest BCUT2D eigenvalue weighted by Crippen LogP contribution is 2.24. The van der Waals surface area contributed by atoms with E-state index in [0.29, 0.717) is 12.0 Å². The molecule has 0 aliphatic heterocycles. The summed E-state index contributed by atoms with van der Waals surface area (Å²) in [7, 11) is 0. The Morgan fingerprint density at radius 2 is 1.90 bits per heavy atom. The first kappa shape index (κ1) is 7.56. The van der Waals surface area contributed by atoms with Crippen molar-refractivity contribution in [1.82, 2.24) is 0 Å². The zero-order valence-electron chi connectivity index (χ0n) is 6.21. The van der Waals surface area contributed by atoms with Crippen LogP contribution >= 0.6 is 0 Å². The van der Waals surface area contributed by atoms with Gasteiger partial charge in [-0.05, 0) is 31.6 Å². The van der Waals surface area contributed by atoms with E-state index in [9.17, 15) is 0 Å². The minimum absolute atomic E-state index is 0.412. The summed E-state index contributed by atoms with van der Waals surface area (Å²) in [6.07, 6.45) is 5.29. The third-order valence-corrected chi connectivity index (χ3v) is 2.27. The van der Waals surface area contributed by atoms with Crippen molar-refractivity contribution < 1.29 is 0 Å². The largest absolute Gasteiger partial charge is 0.328 e. The molecule has 0 radical (unpaired) electrons. The van der Waals surface area contributed by atoms with Gasteiger partial charge in [-0.15, -0.1) is 0 Å². The van der Waals surface area contributed by atoms with Crippen LogP contribution in [0.25, 0.3) is 0 Å². The summed E-state index contributed by atoms with van der Waals surface area (Å²) in [6.45, 7) is 0. The Hall–Kier alpha value is -0.550. The van der Waals surface area contributed by atoms with Gasteiger partial charge in [0.25, 0.3) is 0 Å². The molecule has 1 aliphatic carbocycles. The average molecular weight is 138 g/mol. The summed E-state index contributed by atoms with van der Waals surface area (Å²) in [5.41, 5.74) is 5.71. The number of rotatable bonds is 1. The van der Waals surface area contributed by atoms with Crippen molar-refractivity contribution in [2.75, 3.05) is 0 Å². The van der Waals surface area contributed by atoms with Crippen LogP contribution in [0.5, 0.6) is 0 Å². The summed E-state index contributed by atoms with van der Waals surface area (Å²) in [4.78, 5) is 0. The standard InChI is InChI=1S/C8H14N2/c9-6-5-7-1-3-8(10)4-2-7/h7-8H,1-5,10H2/t7-,8-. The maximum Gasteiger partial charge on any atom is 0.0624 e. The SMILES string of the molecule is N#CC[C@H]1CC[C@H](N)CC1. The average Bonchev–Trinajstić information content (AvgIpc) is 1.95. The Morgan fingerprint density at radius 1 is 1.30 bits per heavy atom. The van der Waals surface area contributed by atoms with E-state index in [0.717, 1.165) is 32.1 Å². The van der Waals surface area contributed by atoms with Gasteiger partial charge in [0, 0.05) is 12.5 Å². The highest BCUT2D eigenvalue weighted by atomic mass is 14.6. The van der Waals surface area contributed by atoms with Gasteiger partial charge in [0.2, 0.25) is 0 Å². The fraction of sp³-hybridized carbons (Fsp3) is 0.875. The predicted octanol–water partition coefficient (Wildman–Crippen LogP) is 1.42. The van der Waals surface area contributed by atoms with Gasteiger partial charge in [0.05, 0.1) is 6.07 Å². The molecule has 0 aromatic heterocycles. The van der Waals surface area contributed by atoms with Crippen molar-refractivity contribution in [3.05, 3.63) is 0 Å². The lowest BCUT2D eigenvalue weighted by Crippen LogP contribution is -2.26. The fourth-order valence-corrected chi connectivity index (χ4v) is 1.52. The molecule has 0 unspecified atom stereocenters. The molecule has 0 atom stereocenters. The van der Waals surface area contributed by atoms with Gasteiger partial charge in [-0.3, -0.25) is 0 Å². The molecule has 2 nitrogen and oxygen atoms in total. The van der Waals surface area contributed by atoms with Crippen molar-refractivity contribution in [3.8, 4) is 6.07 Å². The van der Waals surface area contributed by atoms with Crippen LogP contribution in [0.3, 0.4) is 0 Å². The van der Waals surface area contributed by atoms with Gasteiger partial charge in [0.15, 0.2) is 0 Å². The van der Waals surface area contributed by atoms with Crippen LogP contribution in [0.15, 0.2) is 0 Å². The summed E-state index contributed by atoms with van der Waals surface area (Å²) in [5, 5.41) is 8.40. The zero-order chi connectivity index (χ0) is 7.40. The molecule has 0 amide bonds. The maximum atomic E-state index is 8.40. The molecular weight excluding hydrogens is 124 g/mol. The maximum absolute atomic E-state index is 8.40. The Balaban J connectivity index is 2.21. The van der Waals surface area contributed by atoms with Gasteiger partial charge >= 0.3 is 0 Å². The second-order valence-electron chi connectivity index (χ2n) is 3.14. The first-order valence-electron chi connectivity index (χ1n) is 3.95. The second-order valence-corrected chi connectivity index (χ2v) is 3.14. The first-order valence-corrected chi connectivity index (χ1v) is 3.95. The van der Waals surface area contributed by atoms with Crippen molar-refractivity contribution in [1.29, 1.82) is 5.26 Å². The van der Waals surface area contributed by atoms with Crippen molar-refractivity contribution in [2.24, 2.45) is 11.7 Å². The first-order chi connectivity index (χ1) is 4.83. The van der Waals surface area contributed by atoms with Crippen LogP contribution < -0.4 is 5.73 Å².